The van der Waals surface area contributed by atoms with E-state index in [0.29, 0.717) is 4.57 Å². The first-order valence-electron chi connectivity index (χ1n) is 8.07. The second kappa shape index (κ2) is 8.75. The summed E-state index contributed by atoms with van der Waals surface area (Å²) >= 11 is 0. The molecule has 0 saturated heterocycles. The van der Waals surface area contributed by atoms with Crippen molar-refractivity contribution in [2.45, 2.75) is 26.2 Å². The van der Waals surface area contributed by atoms with Crippen LogP contribution >= 0.6 is 0 Å². The lowest BCUT2D eigenvalue weighted by Crippen LogP contribution is -2.55. The smallest absolute Gasteiger partial charge is 0.337 e. The van der Waals surface area contributed by atoms with E-state index in [1.807, 2.05) is 0 Å². The highest BCUT2D eigenvalue weighted by molar-refractivity contribution is 5.75. The molecule has 0 aliphatic rings. The van der Waals surface area contributed by atoms with Gasteiger partial charge in [0.1, 0.15) is 12.4 Å². The Hall–Kier alpha value is -3.49. The Labute approximate surface area is 153 Å². The third kappa shape index (κ3) is 4.38. The third-order valence-electron chi connectivity index (χ3n) is 3.74. The molecular weight excluding hydrogens is 355 g/mol. The molecule has 0 radical (unpaired) electrons. The fourth-order valence-electron chi connectivity index (χ4n) is 2.42. The molecule has 1 aromatic heterocycles. The minimum atomic E-state index is -0.925. The van der Waals surface area contributed by atoms with Crippen LogP contribution in [0.4, 0.5) is 4.39 Å². The topological polar surface area (TPSA) is 95.1 Å². The molecule has 1 aromatic carbocycles. The van der Waals surface area contributed by atoms with Gasteiger partial charge < -0.3 is 5.32 Å². The van der Waals surface area contributed by atoms with Gasteiger partial charge in [0, 0.05) is 12.1 Å². The van der Waals surface area contributed by atoms with Crippen LogP contribution in [0.5, 0.6) is 0 Å². The van der Waals surface area contributed by atoms with Crippen molar-refractivity contribution < 1.29 is 9.18 Å². The van der Waals surface area contributed by atoms with E-state index in [1.54, 1.807) is 6.07 Å². The number of rotatable bonds is 8. The van der Waals surface area contributed by atoms with Gasteiger partial charge in [-0.25, -0.2) is 32.5 Å². The van der Waals surface area contributed by atoms with Gasteiger partial charge in [0.15, 0.2) is 0 Å². The first-order chi connectivity index (χ1) is 12.9. The van der Waals surface area contributed by atoms with Crippen molar-refractivity contribution in [3.05, 3.63) is 92.4 Å². The van der Waals surface area contributed by atoms with Crippen LogP contribution < -0.4 is 22.4 Å². The van der Waals surface area contributed by atoms with Crippen molar-refractivity contribution in [1.29, 1.82) is 0 Å². The van der Waals surface area contributed by atoms with Gasteiger partial charge in [-0.15, -0.1) is 13.2 Å². The lowest BCUT2D eigenvalue weighted by Gasteiger charge is -2.12. The average Bonchev–Trinajstić information content (AvgIpc) is 2.65. The molecule has 2 rings (SSSR count). The Morgan fingerprint density at radius 3 is 2.00 bits per heavy atom. The number of nitrogens with zero attached hydrogens (tertiary/aromatic N) is 3. The molecule has 1 heterocycles. The Balaban J connectivity index is 2.33. The summed E-state index contributed by atoms with van der Waals surface area (Å²) in [4.78, 5) is 49.2. The number of halogens is 1. The minimum absolute atomic E-state index is 0.104. The predicted octanol–water partition coefficient (Wildman–Crippen LogP) is -0.000800. The Kier molecular flexibility index (Phi) is 6.42. The number of benzene rings is 1. The molecule has 0 spiro atoms. The van der Waals surface area contributed by atoms with Crippen molar-refractivity contribution in [3.63, 3.8) is 0 Å². The largest absolute Gasteiger partial charge is 0.350 e. The van der Waals surface area contributed by atoms with Gasteiger partial charge in [0.25, 0.3) is 0 Å². The van der Waals surface area contributed by atoms with Gasteiger partial charge in [-0.1, -0.05) is 30.4 Å². The maximum atomic E-state index is 13.6. The monoisotopic (exact) mass is 374 g/mol. The molecule has 1 N–H and O–H groups in total. The van der Waals surface area contributed by atoms with E-state index in [2.05, 4.69) is 18.5 Å². The molecule has 1 amide bonds. The van der Waals surface area contributed by atoms with Crippen LogP contribution in [-0.2, 0) is 31.0 Å². The van der Waals surface area contributed by atoms with Crippen molar-refractivity contribution in [2.24, 2.45) is 0 Å². The molecule has 0 aliphatic carbocycles. The SMILES string of the molecule is C=CCn1c(=O)n(CC=C)c(=O)n(CC(=O)NCc2ccccc2F)c1=O. The molecule has 0 bridgehead atoms. The first kappa shape index (κ1) is 19.8. The summed E-state index contributed by atoms with van der Waals surface area (Å²) in [7, 11) is 0. The Morgan fingerprint density at radius 2 is 1.48 bits per heavy atom. The zero-order chi connectivity index (χ0) is 20.0. The molecule has 142 valence electrons. The first-order valence-corrected chi connectivity index (χ1v) is 8.07. The van der Waals surface area contributed by atoms with Crippen molar-refractivity contribution in [2.75, 3.05) is 0 Å². The predicted molar refractivity (Wildman–Crippen MR) is 97.9 cm³/mol. The van der Waals surface area contributed by atoms with E-state index in [4.69, 9.17) is 0 Å². The van der Waals surface area contributed by atoms with Gasteiger partial charge in [-0.2, -0.15) is 0 Å². The molecule has 0 unspecified atom stereocenters. The molecule has 0 atom stereocenters. The standard InChI is InChI=1S/C18H19FN4O4/c1-3-9-21-16(25)22(10-4-2)18(27)23(17(21)26)12-15(24)20-11-13-7-5-6-8-14(13)19/h3-8H,1-2,9-12H2,(H,20,24). The highest BCUT2D eigenvalue weighted by Crippen LogP contribution is 2.05. The summed E-state index contributed by atoms with van der Waals surface area (Å²) in [6, 6.07) is 5.90. The molecule has 9 heteroatoms. The zero-order valence-corrected chi connectivity index (χ0v) is 14.6. The van der Waals surface area contributed by atoms with Crippen LogP contribution in [0.15, 0.2) is 64.0 Å². The number of carbonyl (C=O) groups excluding carboxylic acids is 1. The molecule has 27 heavy (non-hydrogen) atoms. The minimum Gasteiger partial charge on any atom is -0.350 e. The lowest BCUT2D eigenvalue weighted by molar-refractivity contribution is -0.122. The molecule has 0 aliphatic heterocycles. The van der Waals surface area contributed by atoms with Crippen LogP contribution in [0, 0.1) is 5.82 Å². The summed E-state index contributed by atoms with van der Waals surface area (Å²) in [6.45, 7) is 5.98. The number of allylic oxidation sites excluding steroid dienone is 2. The highest BCUT2D eigenvalue weighted by Gasteiger charge is 2.16. The molecular formula is C18H19FN4O4. The molecule has 8 nitrogen and oxygen atoms in total. The maximum Gasteiger partial charge on any atom is 0.337 e. The number of nitrogens with one attached hydrogen (secondary N) is 1. The number of amides is 1. The average molecular weight is 374 g/mol. The second-order valence-electron chi connectivity index (χ2n) is 5.60. The Bertz CT molecular complexity index is 1000. The summed E-state index contributed by atoms with van der Waals surface area (Å²) in [5, 5.41) is 2.45. The van der Waals surface area contributed by atoms with Crippen LogP contribution in [0.25, 0.3) is 0 Å². The van der Waals surface area contributed by atoms with E-state index in [1.165, 1.54) is 30.4 Å². The normalized spacial score (nSPS) is 10.4. The quantitative estimate of drug-likeness (QED) is 0.658. The van der Waals surface area contributed by atoms with Crippen molar-refractivity contribution in [3.8, 4) is 0 Å². The van der Waals surface area contributed by atoms with Gasteiger partial charge in [0.05, 0.1) is 13.1 Å². The van der Waals surface area contributed by atoms with Crippen molar-refractivity contribution in [1.82, 2.24) is 19.0 Å². The molecule has 0 fully saturated rings. The number of carbonyl (C=O) groups is 1. The van der Waals surface area contributed by atoms with E-state index in [0.717, 1.165) is 9.13 Å². The van der Waals surface area contributed by atoms with Gasteiger partial charge in [0.2, 0.25) is 5.91 Å². The van der Waals surface area contributed by atoms with E-state index in [-0.39, 0.29) is 25.2 Å². The summed E-state index contributed by atoms with van der Waals surface area (Å²) < 4.78 is 15.8. The second-order valence-corrected chi connectivity index (χ2v) is 5.60. The van der Waals surface area contributed by atoms with Crippen molar-refractivity contribution >= 4 is 5.91 Å². The zero-order valence-electron chi connectivity index (χ0n) is 14.6. The van der Waals surface area contributed by atoms with E-state index < -0.39 is 35.3 Å². The molecule has 2 aromatic rings. The van der Waals surface area contributed by atoms with Gasteiger partial charge in [-0.05, 0) is 6.07 Å². The van der Waals surface area contributed by atoms with Crippen LogP contribution in [0.2, 0.25) is 0 Å². The summed E-state index contributed by atoms with van der Waals surface area (Å²) in [5.41, 5.74) is -2.40. The fraction of sp³-hybridized carbons (Fsp3) is 0.222. The van der Waals surface area contributed by atoms with Crippen LogP contribution in [0.3, 0.4) is 0 Å². The number of hydrogen-bond acceptors (Lipinski definition) is 4. The van der Waals surface area contributed by atoms with E-state index in [9.17, 15) is 23.6 Å². The molecule has 0 saturated carbocycles. The summed E-state index contributed by atoms with van der Waals surface area (Å²) in [5.74, 6) is -1.16. The fourth-order valence-corrected chi connectivity index (χ4v) is 2.42. The van der Waals surface area contributed by atoms with Gasteiger partial charge >= 0.3 is 17.1 Å². The number of hydrogen-bond donors (Lipinski definition) is 1. The lowest BCUT2D eigenvalue weighted by atomic mass is 10.2. The summed E-state index contributed by atoms with van der Waals surface area (Å²) in [6.07, 6.45) is 2.65. The third-order valence-corrected chi connectivity index (χ3v) is 3.74. The Morgan fingerprint density at radius 1 is 0.963 bits per heavy atom. The van der Waals surface area contributed by atoms with Crippen LogP contribution in [0.1, 0.15) is 5.56 Å². The van der Waals surface area contributed by atoms with Crippen LogP contribution in [-0.4, -0.2) is 19.6 Å². The van der Waals surface area contributed by atoms with Gasteiger partial charge in [-0.3, -0.25) is 4.79 Å². The highest BCUT2D eigenvalue weighted by atomic mass is 19.1. The maximum absolute atomic E-state index is 13.6. The number of aromatic nitrogens is 3. The van der Waals surface area contributed by atoms with E-state index >= 15 is 0 Å².